The highest BCUT2D eigenvalue weighted by atomic mass is 32.2. The number of hydrogen-bond donors (Lipinski definition) is 1. The highest BCUT2D eigenvalue weighted by Crippen LogP contribution is 2.02. The molecular weight excluding hydrogens is 168 g/mol. The molecule has 0 rings (SSSR count). The van der Waals surface area contributed by atoms with Gasteiger partial charge in [-0.2, -0.15) is 11.8 Å². The van der Waals surface area contributed by atoms with Crippen molar-refractivity contribution in [3.05, 3.63) is 0 Å². The zero-order chi connectivity index (χ0) is 9.56. The molecule has 0 saturated carbocycles. The molecule has 2 atom stereocenters. The Morgan fingerprint density at radius 3 is 2.42 bits per heavy atom. The molecule has 0 aromatic rings. The molecule has 74 valence electrons. The smallest absolute Gasteiger partial charge is 0.00693 e. The van der Waals surface area contributed by atoms with Crippen molar-refractivity contribution in [2.45, 2.75) is 19.9 Å². The molecule has 0 aromatic heterocycles. The second kappa shape index (κ2) is 6.75. The van der Waals surface area contributed by atoms with Crippen LogP contribution in [0.3, 0.4) is 0 Å². The normalized spacial score (nSPS) is 16.5. The van der Waals surface area contributed by atoms with Crippen LogP contribution in [-0.2, 0) is 0 Å². The van der Waals surface area contributed by atoms with E-state index in [1.165, 1.54) is 5.75 Å². The van der Waals surface area contributed by atoms with Gasteiger partial charge in [0.25, 0.3) is 0 Å². The molecule has 2 N–H and O–H groups in total. The lowest BCUT2D eigenvalue weighted by Crippen LogP contribution is -2.35. The molecule has 2 nitrogen and oxygen atoms in total. The Morgan fingerprint density at radius 1 is 1.42 bits per heavy atom. The maximum Gasteiger partial charge on any atom is 0.00693 e. The summed E-state index contributed by atoms with van der Waals surface area (Å²) in [6, 6.07) is 0.307. The molecule has 0 amide bonds. The Bertz CT molecular complexity index is 107. The summed E-state index contributed by atoms with van der Waals surface area (Å²) < 4.78 is 0. The molecule has 0 aliphatic carbocycles. The lowest BCUT2D eigenvalue weighted by Gasteiger charge is -2.23. The summed E-state index contributed by atoms with van der Waals surface area (Å²) in [7, 11) is 2.16. The van der Waals surface area contributed by atoms with Crippen molar-refractivity contribution in [2.75, 3.05) is 32.1 Å². The minimum absolute atomic E-state index is 0.307. The van der Waals surface area contributed by atoms with Gasteiger partial charge in [-0.05, 0) is 26.1 Å². The Balaban J connectivity index is 3.47. The highest BCUT2D eigenvalue weighted by molar-refractivity contribution is 7.98. The van der Waals surface area contributed by atoms with Crippen molar-refractivity contribution in [3.63, 3.8) is 0 Å². The predicted octanol–water partition coefficient (Wildman–Crippen LogP) is 1.26. The van der Waals surface area contributed by atoms with Crippen LogP contribution >= 0.6 is 11.8 Å². The lowest BCUT2D eigenvalue weighted by molar-refractivity contribution is 0.282. The number of nitrogens with two attached hydrogens (primary N) is 1. The van der Waals surface area contributed by atoms with Gasteiger partial charge in [0, 0.05) is 24.9 Å². The largest absolute Gasteiger partial charge is 0.328 e. The Labute approximate surface area is 80.9 Å². The summed E-state index contributed by atoms with van der Waals surface area (Å²) in [5, 5.41) is 0. The van der Waals surface area contributed by atoms with Gasteiger partial charge in [0.15, 0.2) is 0 Å². The van der Waals surface area contributed by atoms with E-state index < -0.39 is 0 Å². The zero-order valence-corrected chi connectivity index (χ0v) is 9.53. The lowest BCUT2D eigenvalue weighted by atomic mass is 10.0. The molecule has 0 aliphatic heterocycles. The van der Waals surface area contributed by atoms with Crippen molar-refractivity contribution in [1.82, 2.24) is 4.90 Å². The minimum Gasteiger partial charge on any atom is -0.328 e. The summed E-state index contributed by atoms with van der Waals surface area (Å²) in [5.41, 5.74) is 5.78. The van der Waals surface area contributed by atoms with E-state index in [1.54, 1.807) is 0 Å². The van der Waals surface area contributed by atoms with Crippen LogP contribution in [0.5, 0.6) is 0 Å². The Morgan fingerprint density at radius 2 is 2.00 bits per heavy atom. The number of rotatable bonds is 6. The van der Waals surface area contributed by atoms with Gasteiger partial charge < -0.3 is 10.6 Å². The Hall–Kier alpha value is 0.270. The van der Waals surface area contributed by atoms with Gasteiger partial charge in [0.2, 0.25) is 0 Å². The van der Waals surface area contributed by atoms with Crippen LogP contribution in [0.4, 0.5) is 0 Å². The molecule has 12 heavy (non-hydrogen) atoms. The first-order chi connectivity index (χ1) is 5.57. The first-order valence-corrected chi connectivity index (χ1v) is 5.90. The van der Waals surface area contributed by atoms with Gasteiger partial charge in [-0.25, -0.2) is 0 Å². The van der Waals surface area contributed by atoms with Crippen molar-refractivity contribution < 1.29 is 0 Å². The molecule has 0 aromatic carbocycles. The summed E-state index contributed by atoms with van der Waals surface area (Å²) in [4.78, 5) is 2.35. The van der Waals surface area contributed by atoms with Gasteiger partial charge in [-0.15, -0.1) is 0 Å². The minimum atomic E-state index is 0.307. The molecule has 0 radical (unpaired) electrons. The predicted molar refractivity (Wildman–Crippen MR) is 58.7 cm³/mol. The van der Waals surface area contributed by atoms with Crippen LogP contribution < -0.4 is 5.73 Å². The van der Waals surface area contributed by atoms with Crippen molar-refractivity contribution in [2.24, 2.45) is 11.7 Å². The molecule has 0 heterocycles. The van der Waals surface area contributed by atoms with E-state index in [1.807, 2.05) is 11.8 Å². The van der Waals surface area contributed by atoms with Crippen LogP contribution in [0.1, 0.15) is 13.8 Å². The number of thioether (sulfide) groups is 1. The zero-order valence-electron chi connectivity index (χ0n) is 8.71. The summed E-state index contributed by atoms with van der Waals surface area (Å²) in [6.07, 6.45) is 2.14. The van der Waals surface area contributed by atoms with E-state index >= 15 is 0 Å². The topological polar surface area (TPSA) is 29.3 Å². The highest BCUT2D eigenvalue weighted by Gasteiger charge is 2.09. The van der Waals surface area contributed by atoms with E-state index in [2.05, 4.69) is 32.1 Å². The maximum atomic E-state index is 5.78. The Kier molecular flexibility index (Phi) is 6.90. The second-order valence-electron chi connectivity index (χ2n) is 3.59. The fraction of sp³-hybridized carbons (Fsp3) is 1.00. The van der Waals surface area contributed by atoms with Gasteiger partial charge in [0.05, 0.1) is 0 Å². The SMILES string of the molecule is CSCCN(C)CC(C)C(C)N. The molecule has 0 spiro atoms. The fourth-order valence-corrected chi connectivity index (χ4v) is 1.49. The number of hydrogen-bond acceptors (Lipinski definition) is 3. The second-order valence-corrected chi connectivity index (χ2v) is 4.58. The molecule has 2 unspecified atom stereocenters. The monoisotopic (exact) mass is 190 g/mol. The quantitative estimate of drug-likeness (QED) is 0.684. The third-order valence-electron chi connectivity index (χ3n) is 2.17. The van der Waals surface area contributed by atoms with Gasteiger partial charge in [0.1, 0.15) is 0 Å². The van der Waals surface area contributed by atoms with Crippen LogP contribution in [-0.4, -0.2) is 43.1 Å². The molecule has 0 fully saturated rings. The van der Waals surface area contributed by atoms with E-state index in [0.29, 0.717) is 12.0 Å². The standard InChI is InChI=1S/C9H22N2S/c1-8(9(2)10)7-11(3)5-6-12-4/h8-9H,5-7,10H2,1-4H3. The third-order valence-corrected chi connectivity index (χ3v) is 2.77. The molecule has 3 heteroatoms. The summed E-state index contributed by atoms with van der Waals surface area (Å²) in [6.45, 7) is 6.56. The van der Waals surface area contributed by atoms with Crippen LogP contribution in [0.2, 0.25) is 0 Å². The van der Waals surface area contributed by atoms with Gasteiger partial charge >= 0.3 is 0 Å². The van der Waals surface area contributed by atoms with Crippen LogP contribution in [0.25, 0.3) is 0 Å². The van der Waals surface area contributed by atoms with Gasteiger partial charge in [-0.1, -0.05) is 6.92 Å². The molecular formula is C9H22N2S. The summed E-state index contributed by atoms with van der Waals surface area (Å²) >= 11 is 1.89. The summed E-state index contributed by atoms with van der Waals surface area (Å²) in [5.74, 6) is 1.80. The first kappa shape index (κ1) is 12.3. The van der Waals surface area contributed by atoms with Crippen LogP contribution in [0, 0.1) is 5.92 Å². The fourth-order valence-electron chi connectivity index (χ4n) is 0.996. The van der Waals surface area contributed by atoms with Crippen molar-refractivity contribution in [3.8, 4) is 0 Å². The van der Waals surface area contributed by atoms with Gasteiger partial charge in [-0.3, -0.25) is 0 Å². The number of nitrogens with zero attached hydrogens (tertiary/aromatic N) is 1. The third kappa shape index (κ3) is 5.86. The van der Waals surface area contributed by atoms with E-state index in [9.17, 15) is 0 Å². The van der Waals surface area contributed by atoms with E-state index in [4.69, 9.17) is 5.73 Å². The first-order valence-electron chi connectivity index (χ1n) is 4.51. The molecule has 0 bridgehead atoms. The molecule has 0 aliphatic rings. The van der Waals surface area contributed by atoms with Crippen LogP contribution in [0.15, 0.2) is 0 Å². The average Bonchev–Trinajstić information content (AvgIpc) is 2.00. The van der Waals surface area contributed by atoms with E-state index in [0.717, 1.165) is 13.1 Å². The van der Waals surface area contributed by atoms with Crippen molar-refractivity contribution in [1.29, 1.82) is 0 Å². The maximum absolute atomic E-state index is 5.78. The molecule has 0 saturated heterocycles. The van der Waals surface area contributed by atoms with E-state index in [-0.39, 0.29) is 0 Å². The van der Waals surface area contributed by atoms with Crippen molar-refractivity contribution >= 4 is 11.8 Å². The average molecular weight is 190 g/mol.